The van der Waals surface area contributed by atoms with Gasteiger partial charge in [0.2, 0.25) is 0 Å². The van der Waals surface area contributed by atoms with Crippen LogP contribution in [-0.4, -0.2) is 28.8 Å². The van der Waals surface area contributed by atoms with Crippen molar-refractivity contribution in [3.8, 4) is 0 Å². The lowest BCUT2D eigenvalue weighted by molar-refractivity contribution is -0.139. The van der Waals surface area contributed by atoms with Crippen LogP contribution >= 0.6 is 0 Å². The van der Waals surface area contributed by atoms with Gasteiger partial charge in [-0.2, -0.15) is 0 Å². The first-order valence-electron chi connectivity index (χ1n) is 8.97. The Balaban J connectivity index is 2.00. The van der Waals surface area contributed by atoms with Crippen molar-refractivity contribution in [1.29, 1.82) is 0 Å². The summed E-state index contributed by atoms with van der Waals surface area (Å²) >= 11 is 0. The fraction of sp³-hybridized carbons (Fsp3) is 0.227. The summed E-state index contributed by atoms with van der Waals surface area (Å²) in [6.45, 7) is 1.74. The Labute approximate surface area is 157 Å². The van der Waals surface area contributed by atoms with Crippen LogP contribution < -0.4 is 5.32 Å². The van der Waals surface area contributed by atoms with Gasteiger partial charge in [0, 0.05) is 12.8 Å². The number of carbonyl (C=O) groups excluding carboxylic acids is 2. The minimum absolute atomic E-state index is 0.0221. The molecule has 3 rings (SSSR count). The monoisotopic (exact) mass is 363 g/mol. The molecule has 0 saturated carbocycles. The average molecular weight is 363 g/mol. The molecule has 138 valence electrons. The number of hydrogen-bond acceptors (Lipinski definition) is 3. The third-order valence-electron chi connectivity index (χ3n) is 4.71. The van der Waals surface area contributed by atoms with Gasteiger partial charge < -0.3 is 10.4 Å². The number of carbonyl (C=O) groups is 3. The molecule has 0 fully saturated rings. The number of Topliss-reactive ketones (excluding diaryl/α,β-unsaturated/α-hetero) is 1. The predicted octanol–water partition coefficient (Wildman–Crippen LogP) is 3.94. The van der Waals surface area contributed by atoms with Crippen molar-refractivity contribution >= 4 is 39.2 Å². The molecule has 0 spiro atoms. The number of aliphatic carboxylic acids is 1. The summed E-state index contributed by atoms with van der Waals surface area (Å²) in [6.07, 6.45) is 0.564. The molecule has 0 aliphatic heterocycles. The minimum atomic E-state index is -1.14. The van der Waals surface area contributed by atoms with Gasteiger partial charge in [0.05, 0.1) is 5.56 Å². The van der Waals surface area contributed by atoms with E-state index >= 15 is 0 Å². The highest BCUT2D eigenvalue weighted by atomic mass is 16.4. The van der Waals surface area contributed by atoms with Crippen molar-refractivity contribution in [3.05, 3.63) is 60.2 Å². The maximum Gasteiger partial charge on any atom is 0.326 e. The van der Waals surface area contributed by atoms with Crippen molar-refractivity contribution in [2.24, 2.45) is 0 Å². The second-order valence-electron chi connectivity index (χ2n) is 6.49. The second-order valence-corrected chi connectivity index (χ2v) is 6.49. The molecule has 1 amide bonds. The fourth-order valence-corrected chi connectivity index (χ4v) is 3.23. The molecular formula is C22H21NO4. The second kappa shape index (κ2) is 7.99. The van der Waals surface area contributed by atoms with Crippen LogP contribution in [0.1, 0.15) is 36.5 Å². The van der Waals surface area contributed by atoms with E-state index in [1.165, 1.54) is 0 Å². The Morgan fingerprint density at radius 1 is 0.963 bits per heavy atom. The standard InChI is InChI=1S/C22H21NO4/c1-2-16(24)11-12-19(22(26)27)23-21(25)20-17-9-5-3-7-14(17)13-15-8-4-6-10-18(15)20/h3-10,13,19H,2,11-12H2,1H3,(H,23,25)(H,26,27)/t19-/m0/s1. The molecule has 5 heteroatoms. The van der Waals surface area contributed by atoms with E-state index in [-0.39, 0.29) is 18.6 Å². The summed E-state index contributed by atoms with van der Waals surface area (Å²) in [5.41, 5.74) is 0.455. The molecule has 0 heterocycles. The van der Waals surface area contributed by atoms with Crippen LogP contribution in [0.25, 0.3) is 21.5 Å². The number of amides is 1. The number of fused-ring (bicyclic) bond motifs is 2. The Kier molecular flexibility index (Phi) is 5.50. The highest BCUT2D eigenvalue weighted by Crippen LogP contribution is 2.28. The van der Waals surface area contributed by atoms with Crippen LogP contribution in [-0.2, 0) is 9.59 Å². The van der Waals surface area contributed by atoms with E-state index in [2.05, 4.69) is 5.32 Å². The number of benzene rings is 3. The quantitative estimate of drug-likeness (QED) is 0.623. The van der Waals surface area contributed by atoms with Gasteiger partial charge in [-0.25, -0.2) is 4.79 Å². The van der Waals surface area contributed by atoms with E-state index in [1.807, 2.05) is 54.6 Å². The van der Waals surface area contributed by atoms with E-state index in [0.29, 0.717) is 12.0 Å². The molecule has 0 bridgehead atoms. The molecule has 0 radical (unpaired) electrons. The molecule has 0 aliphatic rings. The number of carboxylic acid groups (broad SMARTS) is 1. The topological polar surface area (TPSA) is 83.5 Å². The lowest BCUT2D eigenvalue weighted by atomic mass is 9.96. The fourth-order valence-electron chi connectivity index (χ4n) is 3.23. The molecule has 0 saturated heterocycles. The van der Waals surface area contributed by atoms with E-state index in [0.717, 1.165) is 21.5 Å². The number of hydrogen-bond donors (Lipinski definition) is 2. The van der Waals surface area contributed by atoms with Crippen molar-refractivity contribution in [3.63, 3.8) is 0 Å². The van der Waals surface area contributed by atoms with E-state index in [9.17, 15) is 19.5 Å². The number of nitrogens with one attached hydrogen (secondary N) is 1. The van der Waals surface area contributed by atoms with Gasteiger partial charge in [-0.15, -0.1) is 0 Å². The molecule has 2 N–H and O–H groups in total. The van der Waals surface area contributed by atoms with Crippen LogP contribution in [0.2, 0.25) is 0 Å². The van der Waals surface area contributed by atoms with Crippen LogP contribution in [0.15, 0.2) is 54.6 Å². The molecule has 0 aliphatic carbocycles. The SMILES string of the molecule is CCC(=O)CC[C@H](NC(=O)c1c2ccccc2cc2ccccc12)C(=O)O. The van der Waals surface area contributed by atoms with E-state index < -0.39 is 17.9 Å². The van der Waals surface area contributed by atoms with Gasteiger partial charge >= 0.3 is 5.97 Å². The van der Waals surface area contributed by atoms with Gasteiger partial charge in [0.1, 0.15) is 11.8 Å². The van der Waals surface area contributed by atoms with Crippen LogP contribution in [0.4, 0.5) is 0 Å². The summed E-state index contributed by atoms with van der Waals surface area (Å²) in [5, 5.41) is 15.4. The highest BCUT2D eigenvalue weighted by molar-refractivity contribution is 6.18. The maximum absolute atomic E-state index is 13.0. The summed E-state index contributed by atoms with van der Waals surface area (Å²) in [4.78, 5) is 36.1. The summed E-state index contributed by atoms with van der Waals surface area (Å²) < 4.78 is 0. The first-order valence-corrected chi connectivity index (χ1v) is 8.97. The molecule has 1 atom stereocenters. The maximum atomic E-state index is 13.0. The summed E-state index contributed by atoms with van der Waals surface area (Å²) in [7, 11) is 0. The first-order chi connectivity index (χ1) is 13.0. The molecule has 3 aromatic carbocycles. The van der Waals surface area contributed by atoms with Crippen molar-refractivity contribution < 1.29 is 19.5 Å². The zero-order valence-corrected chi connectivity index (χ0v) is 15.1. The smallest absolute Gasteiger partial charge is 0.326 e. The molecular weight excluding hydrogens is 342 g/mol. The predicted molar refractivity (Wildman–Crippen MR) is 105 cm³/mol. The van der Waals surface area contributed by atoms with Crippen molar-refractivity contribution in [1.82, 2.24) is 5.32 Å². The summed E-state index contributed by atoms with van der Waals surface area (Å²) in [5.74, 6) is -1.61. The molecule has 27 heavy (non-hydrogen) atoms. The van der Waals surface area contributed by atoms with Gasteiger partial charge in [-0.3, -0.25) is 9.59 Å². The zero-order valence-electron chi connectivity index (χ0n) is 15.1. The van der Waals surface area contributed by atoms with Gasteiger partial charge in [0.25, 0.3) is 5.91 Å². The largest absolute Gasteiger partial charge is 0.480 e. The molecule has 5 nitrogen and oxygen atoms in total. The Morgan fingerprint density at radius 2 is 1.52 bits per heavy atom. The van der Waals surface area contributed by atoms with Crippen LogP contribution in [0, 0.1) is 0 Å². The molecule has 0 unspecified atom stereocenters. The molecule has 3 aromatic rings. The highest BCUT2D eigenvalue weighted by Gasteiger charge is 2.23. The Hall–Kier alpha value is -3.21. The Morgan fingerprint density at radius 3 is 2.04 bits per heavy atom. The lowest BCUT2D eigenvalue weighted by Crippen LogP contribution is -2.41. The van der Waals surface area contributed by atoms with E-state index in [1.54, 1.807) is 6.92 Å². The van der Waals surface area contributed by atoms with Gasteiger partial charge in [-0.1, -0.05) is 55.5 Å². The lowest BCUT2D eigenvalue weighted by Gasteiger charge is -2.16. The van der Waals surface area contributed by atoms with Gasteiger partial charge in [-0.05, 0) is 34.0 Å². The Bertz CT molecular complexity index is 971. The van der Waals surface area contributed by atoms with Gasteiger partial charge in [0.15, 0.2) is 0 Å². The number of carboxylic acids is 1. The molecule has 0 aromatic heterocycles. The van der Waals surface area contributed by atoms with Crippen molar-refractivity contribution in [2.75, 3.05) is 0 Å². The number of ketones is 1. The summed E-state index contributed by atoms with van der Waals surface area (Å²) in [6, 6.07) is 16.0. The van der Waals surface area contributed by atoms with E-state index in [4.69, 9.17) is 0 Å². The third kappa shape index (κ3) is 3.97. The number of rotatable bonds is 7. The van der Waals surface area contributed by atoms with Crippen LogP contribution in [0.5, 0.6) is 0 Å². The van der Waals surface area contributed by atoms with Crippen molar-refractivity contribution in [2.45, 2.75) is 32.2 Å². The third-order valence-corrected chi connectivity index (χ3v) is 4.71. The normalized spacial score (nSPS) is 12.0. The first kappa shape index (κ1) is 18.6. The van der Waals surface area contributed by atoms with Crippen LogP contribution in [0.3, 0.4) is 0 Å². The minimum Gasteiger partial charge on any atom is -0.480 e. The zero-order chi connectivity index (χ0) is 19.4. The average Bonchev–Trinajstić information content (AvgIpc) is 2.68.